The van der Waals surface area contributed by atoms with Gasteiger partial charge in [-0.2, -0.15) is 0 Å². The largest absolute Gasteiger partial charge is 0.303 e. The number of nitrogens with zero attached hydrogens (tertiary/aromatic N) is 1. The number of thioether (sulfide) groups is 1. The Kier molecular flexibility index (Phi) is 2.82. The van der Waals surface area contributed by atoms with Crippen molar-refractivity contribution in [1.29, 1.82) is 0 Å². The zero-order valence-electron chi connectivity index (χ0n) is 6.05. The molecule has 1 atom stereocenters. The van der Waals surface area contributed by atoms with Gasteiger partial charge in [-0.25, -0.2) is 0 Å². The van der Waals surface area contributed by atoms with Crippen LogP contribution < -0.4 is 5.32 Å². The molecule has 1 saturated heterocycles. The summed E-state index contributed by atoms with van der Waals surface area (Å²) < 4.78 is 0. The molecule has 1 aliphatic rings. The van der Waals surface area contributed by atoms with E-state index in [2.05, 4.69) is 23.5 Å². The summed E-state index contributed by atoms with van der Waals surface area (Å²) in [5.41, 5.74) is 0. The van der Waals surface area contributed by atoms with Crippen molar-refractivity contribution in [2.45, 2.75) is 5.37 Å². The first kappa shape index (κ1) is 7.38. The first-order valence-corrected chi connectivity index (χ1v) is 4.56. The molecular weight excluding hydrogens is 132 g/mol. The number of nitrogens with one attached hydrogen (secondary N) is 1. The van der Waals surface area contributed by atoms with E-state index in [0.717, 1.165) is 6.54 Å². The van der Waals surface area contributed by atoms with Gasteiger partial charge in [0.1, 0.15) is 0 Å². The Hall–Kier alpha value is 0.270. The molecule has 1 N–H and O–H groups in total. The fraction of sp³-hybridized carbons (Fsp3) is 1.00. The van der Waals surface area contributed by atoms with Gasteiger partial charge in [-0.1, -0.05) is 0 Å². The van der Waals surface area contributed by atoms with E-state index in [0.29, 0.717) is 5.37 Å². The van der Waals surface area contributed by atoms with Crippen LogP contribution in [0.1, 0.15) is 0 Å². The predicted octanol–water partition coefficient (Wildman–Crippen LogP) is 0.210. The van der Waals surface area contributed by atoms with Gasteiger partial charge in [0.25, 0.3) is 0 Å². The molecule has 0 aromatic heterocycles. The maximum Gasteiger partial charge on any atom is 0.0658 e. The van der Waals surface area contributed by atoms with Crippen LogP contribution in [0.2, 0.25) is 0 Å². The number of likely N-dealkylation sites (N-methyl/N-ethyl adjacent to an activating group) is 1. The fourth-order valence-corrected chi connectivity index (χ4v) is 1.70. The molecule has 0 amide bonds. The van der Waals surface area contributed by atoms with Crippen LogP contribution >= 0.6 is 11.8 Å². The molecule has 1 heterocycles. The smallest absolute Gasteiger partial charge is 0.0658 e. The lowest BCUT2D eigenvalue weighted by Gasteiger charge is -2.29. The summed E-state index contributed by atoms with van der Waals surface area (Å²) in [7, 11) is 2.17. The molecule has 3 heteroatoms. The van der Waals surface area contributed by atoms with E-state index in [1.807, 2.05) is 11.8 Å². The summed E-state index contributed by atoms with van der Waals surface area (Å²) in [6.45, 7) is 3.51. The van der Waals surface area contributed by atoms with Crippen LogP contribution in [-0.4, -0.2) is 43.2 Å². The first-order valence-electron chi connectivity index (χ1n) is 3.27. The number of piperazine rings is 1. The van der Waals surface area contributed by atoms with E-state index in [9.17, 15) is 0 Å². The van der Waals surface area contributed by atoms with Crippen molar-refractivity contribution in [1.82, 2.24) is 10.2 Å². The standard InChI is InChI=1S/C6H14N2S/c1-8-4-3-7-6(5-8)9-2/h6-7H,3-5H2,1-2H3. The van der Waals surface area contributed by atoms with E-state index in [1.165, 1.54) is 13.1 Å². The van der Waals surface area contributed by atoms with E-state index in [1.54, 1.807) is 0 Å². The molecule has 1 aliphatic heterocycles. The minimum absolute atomic E-state index is 0.656. The Balaban J connectivity index is 2.23. The summed E-state index contributed by atoms with van der Waals surface area (Å²) in [5.74, 6) is 0. The number of hydrogen-bond donors (Lipinski definition) is 1. The molecule has 2 nitrogen and oxygen atoms in total. The van der Waals surface area contributed by atoms with E-state index < -0.39 is 0 Å². The van der Waals surface area contributed by atoms with Crippen molar-refractivity contribution in [2.24, 2.45) is 0 Å². The van der Waals surface area contributed by atoms with Crippen LogP contribution in [0.4, 0.5) is 0 Å². The van der Waals surface area contributed by atoms with Crippen LogP contribution in [-0.2, 0) is 0 Å². The third kappa shape index (κ3) is 2.16. The summed E-state index contributed by atoms with van der Waals surface area (Å²) in [6, 6.07) is 0. The van der Waals surface area contributed by atoms with Crippen LogP contribution in [0.3, 0.4) is 0 Å². The molecule has 0 saturated carbocycles. The van der Waals surface area contributed by atoms with Gasteiger partial charge >= 0.3 is 0 Å². The van der Waals surface area contributed by atoms with Gasteiger partial charge in [-0.3, -0.25) is 0 Å². The summed E-state index contributed by atoms with van der Waals surface area (Å²) in [5, 5.41) is 4.08. The average molecular weight is 146 g/mol. The third-order valence-electron chi connectivity index (χ3n) is 1.63. The molecule has 0 aromatic carbocycles. The molecule has 0 bridgehead atoms. The van der Waals surface area contributed by atoms with Crippen LogP contribution in [0.25, 0.3) is 0 Å². The minimum atomic E-state index is 0.656. The van der Waals surface area contributed by atoms with Gasteiger partial charge < -0.3 is 10.2 Å². The number of rotatable bonds is 1. The quantitative estimate of drug-likeness (QED) is 0.569. The Morgan fingerprint density at radius 1 is 1.67 bits per heavy atom. The molecule has 1 unspecified atom stereocenters. The molecule has 1 rings (SSSR count). The second-order valence-corrected chi connectivity index (χ2v) is 3.48. The maximum absolute atomic E-state index is 3.42. The first-order chi connectivity index (χ1) is 4.33. The van der Waals surface area contributed by atoms with Gasteiger partial charge in [-0.05, 0) is 13.3 Å². The minimum Gasteiger partial charge on any atom is -0.303 e. The molecule has 1 fully saturated rings. The molecule has 0 aromatic rings. The molecule has 0 radical (unpaired) electrons. The predicted molar refractivity (Wildman–Crippen MR) is 42.8 cm³/mol. The highest BCUT2D eigenvalue weighted by atomic mass is 32.2. The van der Waals surface area contributed by atoms with Crippen molar-refractivity contribution in [3.63, 3.8) is 0 Å². The Bertz CT molecular complexity index is 87.1. The second kappa shape index (κ2) is 3.44. The van der Waals surface area contributed by atoms with E-state index >= 15 is 0 Å². The van der Waals surface area contributed by atoms with Crippen LogP contribution in [0.5, 0.6) is 0 Å². The van der Waals surface area contributed by atoms with Gasteiger partial charge in [-0.15, -0.1) is 11.8 Å². The average Bonchev–Trinajstić information content (AvgIpc) is 1.88. The Morgan fingerprint density at radius 2 is 2.44 bits per heavy atom. The summed E-state index contributed by atoms with van der Waals surface area (Å²) >= 11 is 1.90. The van der Waals surface area contributed by atoms with E-state index in [-0.39, 0.29) is 0 Å². The topological polar surface area (TPSA) is 15.3 Å². The normalized spacial score (nSPS) is 30.7. The lowest BCUT2D eigenvalue weighted by Crippen LogP contribution is -2.47. The Morgan fingerprint density at radius 3 is 2.89 bits per heavy atom. The van der Waals surface area contributed by atoms with Crippen molar-refractivity contribution >= 4 is 11.8 Å². The second-order valence-electron chi connectivity index (χ2n) is 2.44. The van der Waals surface area contributed by atoms with E-state index in [4.69, 9.17) is 0 Å². The maximum atomic E-state index is 3.42. The van der Waals surface area contributed by atoms with Crippen molar-refractivity contribution in [2.75, 3.05) is 32.9 Å². The zero-order valence-corrected chi connectivity index (χ0v) is 6.87. The van der Waals surface area contributed by atoms with Gasteiger partial charge in [0.05, 0.1) is 5.37 Å². The summed E-state index contributed by atoms with van der Waals surface area (Å²) in [6.07, 6.45) is 2.15. The number of hydrogen-bond acceptors (Lipinski definition) is 3. The highest BCUT2D eigenvalue weighted by Gasteiger charge is 2.13. The molecule has 9 heavy (non-hydrogen) atoms. The van der Waals surface area contributed by atoms with Gasteiger partial charge in [0.15, 0.2) is 0 Å². The zero-order chi connectivity index (χ0) is 6.69. The molecule has 54 valence electrons. The summed E-state index contributed by atoms with van der Waals surface area (Å²) in [4.78, 5) is 2.36. The van der Waals surface area contributed by atoms with Crippen molar-refractivity contribution in [3.05, 3.63) is 0 Å². The third-order valence-corrected chi connectivity index (χ3v) is 2.51. The van der Waals surface area contributed by atoms with Crippen LogP contribution in [0, 0.1) is 0 Å². The monoisotopic (exact) mass is 146 g/mol. The lowest BCUT2D eigenvalue weighted by atomic mass is 10.4. The highest BCUT2D eigenvalue weighted by Crippen LogP contribution is 2.06. The van der Waals surface area contributed by atoms with Gasteiger partial charge in [0.2, 0.25) is 0 Å². The molecule has 0 aliphatic carbocycles. The van der Waals surface area contributed by atoms with Gasteiger partial charge in [0, 0.05) is 19.6 Å². The highest BCUT2D eigenvalue weighted by molar-refractivity contribution is 7.99. The lowest BCUT2D eigenvalue weighted by molar-refractivity contribution is 0.278. The van der Waals surface area contributed by atoms with Crippen molar-refractivity contribution < 1.29 is 0 Å². The molecule has 0 spiro atoms. The van der Waals surface area contributed by atoms with Crippen molar-refractivity contribution in [3.8, 4) is 0 Å². The van der Waals surface area contributed by atoms with Crippen LogP contribution in [0.15, 0.2) is 0 Å². The fourth-order valence-electron chi connectivity index (χ4n) is 1.01. The Labute approximate surface area is 61.0 Å². The molecular formula is C6H14N2S. The SMILES string of the molecule is CSC1CN(C)CCN1.